The van der Waals surface area contributed by atoms with Crippen molar-refractivity contribution >= 4 is 27.6 Å². The van der Waals surface area contributed by atoms with Gasteiger partial charge in [-0.25, -0.2) is 4.79 Å². The molecule has 2 aromatic rings. The second-order valence-electron chi connectivity index (χ2n) is 4.00. The quantitative estimate of drug-likeness (QED) is 0.865. The SMILES string of the molecule is O=C(O)C1(c2ccc3sc(=O)oc3c2)CC1. The first kappa shape index (κ1) is 9.59. The summed E-state index contributed by atoms with van der Waals surface area (Å²) >= 11 is 1.03. The molecule has 0 aliphatic heterocycles. The Balaban J connectivity index is 2.19. The largest absolute Gasteiger partial charge is 0.481 e. The molecule has 0 radical (unpaired) electrons. The van der Waals surface area contributed by atoms with Crippen molar-refractivity contribution in [3.8, 4) is 0 Å². The van der Waals surface area contributed by atoms with Crippen LogP contribution in [0, 0.1) is 0 Å². The number of hydrogen-bond donors (Lipinski definition) is 1. The summed E-state index contributed by atoms with van der Waals surface area (Å²) in [6, 6.07) is 5.20. The van der Waals surface area contributed by atoms with Gasteiger partial charge in [-0.3, -0.25) is 4.79 Å². The molecule has 0 unspecified atom stereocenters. The Bertz CT molecular complexity index is 633. The molecule has 5 heteroatoms. The highest BCUT2D eigenvalue weighted by molar-refractivity contribution is 7.16. The number of aliphatic carboxylic acids is 1. The van der Waals surface area contributed by atoms with Gasteiger partial charge in [-0.2, -0.15) is 0 Å². The first-order valence-corrected chi connectivity index (χ1v) is 5.71. The van der Waals surface area contributed by atoms with E-state index in [-0.39, 0.29) is 4.94 Å². The first-order valence-electron chi connectivity index (χ1n) is 4.89. The number of rotatable bonds is 2. The van der Waals surface area contributed by atoms with Crippen molar-refractivity contribution in [2.45, 2.75) is 18.3 Å². The Hall–Kier alpha value is -1.62. The maximum Gasteiger partial charge on any atom is 0.396 e. The van der Waals surface area contributed by atoms with Crippen molar-refractivity contribution in [1.82, 2.24) is 0 Å². The van der Waals surface area contributed by atoms with Crippen LogP contribution in [0.15, 0.2) is 27.4 Å². The van der Waals surface area contributed by atoms with Crippen LogP contribution in [-0.4, -0.2) is 11.1 Å². The molecule has 0 spiro atoms. The van der Waals surface area contributed by atoms with Crippen LogP contribution in [0.25, 0.3) is 10.3 Å². The number of hydrogen-bond acceptors (Lipinski definition) is 4. The van der Waals surface area contributed by atoms with Crippen LogP contribution < -0.4 is 4.94 Å². The van der Waals surface area contributed by atoms with Crippen LogP contribution in [0.5, 0.6) is 0 Å². The molecule has 4 nitrogen and oxygen atoms in total. The topological polar surface area (TPSA) is 67.5 Å². The van der Waals surface area contributed by atoms with Crippen molar-refractivity contribution in [3.63, 3.8) is 0 Å². The number of benzene rings is 1. The molecule has 1 fully saturated rings. The lowest BCUT2D eigenvalue weighted by Gasteiger charge is -2.08. The highest BCUT2D eigenvalue weighted by atomic mass is 32.1. The zero-order valence-electron chi connectivity index (χ0n) is 8.23. The molecule has 1 aliphatic rings. The maximum atomic E-state index is 11.1. The van der Waals surface area contributed by atoms with E-state index in [1.54, 1.807) is 18.2 Å². The molecular formula is C11H8O4S. The lowest BCUT2D eigenvalue weighted by Crippen LogP contribution is -2.19. The Labute approximate surface area is 94.1 Å². The molecule has 82 valence electrons. The molecule has 0 amide bonds. The number of carboxylic acid groups (broad SMARTS) is 1. The van der Waals surface area contributed by atoms with E-state index in [9.17, 15) is 9.59 Å². The molecule has 0 bridgehead atoms. The van der Waals surface area contributed by atoms with Gasteiger partial charge in [0, 0.05) is 0 Å². The fourth-order valence-electron chi connectivity index (χ4n) is 1.92. The number of carbonyl (C=O) groups is 1. The molecular weight excluding hydrogens is 228 g/mol. The Morgan fingerprint density at radius 2 is 2.19 bits per heavy atom. The summed E-state index contributed by atoms with van der Waals surface area (Å²) in [5.41, 5.74) is 0.475. The van der Waals surface area contributed by atoms with Gasteiger partial charge in [-0.15, -0.1) is 0 Å². The lowest BCUT2D eigenvalue weighted by atomic mass is 9.96. The van der Waals surface area contributed by atoms with Gasteiger partial charge >= 0.3 is 10.9 Å². The van der Waals surface area contributed by atoms with Crippen LogP contribution in [0.4, 0.5) is 0 Å². The van der Waals surface area contributed by atoms with Gasteiger partial charge in [0.2, 0.25) is 0 Å². The van der Waals surface area contributed by atoms with Crippen molar-refractivity contribution in [1.29, 1.82) is 0 Å². The fourth-order valence-corrected chi connectivity index (χ4v) is 2.57. The predicted octanol–water partition coefficient (Wildman–Crippen LogP) is 1.97. The van der Waals surface area contributed by atoms with E-state index in [0.717, 1.165) is 21.6 Å². The van der Waals surface area contributed by atoms with Gasteiger partial charge in [-0.1, -0.05) is 17.4 Å². The van der Waals surface area contributed by atoms with E-state index in [1.807, 2.05) is 0 Å². The van der Waals surface area contributed by atoms with Crippen LogP contribution in [0.3, 0.4) is 0 Å². The van der Waals surface area contributed by atoms with Crippen molar-refractivity contribution in [2.75, 3.05) is 0 Å². The van der Waals surface area contributed by atoms with Crippen LogP contribution in [-0.2, 0) is 10.2 Å². The fraction of sp³-hybridized carbons (Fsp3) is 0.273. The van der Waals surface area contributed by atoms with Crippen LogP contribution in [0.1, 0.15) is 18.4 Å². The normalized spacial score (nSPS) is 17.5. The summed E-state index contributed by atoms with van der Waals surface area (Å²) in [7, 11) is 0. The Morgan fingerprint density at radius 1 is 1.44 bits per heavy atom. The molecule has 3 rings (SSSR count). The molecule has 0 atom stereocenters. The summed E-state index contributed by atoms with van der Waals surface area (Å²) in [5, 5.41) is 9.14. The van der Waals surface area contributed by atoms with Gasteiger partial charge in [0.1, 0.15) is 5.58 Å². The third-order valence-corrected chi connectivity index (χ3v) is 3.85. The third kappa shape index (κ3) is 1.21. The highest BCUT2D eigenvalue weighted by Gasteiger charge is 2.51. The minimum atomic E-state index is -0.801. The molecule has 16 heavy (non-hydrogen) atoms. The summed E-state index contributed by atoms with van der Waals surface area (Å²) in [4.78, 5) is 21.8. The van der Waals surface area contributed by atoms with Gasteiger partial charge in [0.05, 0.1) is 10.1 Å². The Morgan fingerprint density at radius 3 is 2.81 bits per heavy atom. The zero-order chi connectivity index (χ0) is 11.3. The van der Waals surface area contributed by atoms with E-state index in [1.165, 1.54) is 0 Å². The Kier molecular flexibility index (Phi) is 1.77. The number of carboxylic acids is 1. The van der Waals surface area contributed by atoms with Crippen LogP contribution in [0.2, 0.25) is 0 Å². The molecule has 1 heterocycles. The van der Waals surface area contributed by atoms with E-state index in [0.29, 0.717) is 18.4 Å². The third-order valence-electron chi connectivity index (χ3n) is 3.04. The molecule has 0 saturated heterocycles. The average Bonchev–Trinajstić information content (AvgIpc) is 2.95. The van der Waals surface area contributed by atoms with Crippen LogP contribution >= 0.6 is 11.3 Å². The molecule has 1 saturated carbocycles. The van der Waals surface area contributed by atoms with E-state index >= 15 is 0 Å². The summed E-state index contributed by atoms with van der Waals surface area (Å²) in [5.74, 6) is -0.801. The predicted molar refractivity (Wildman–Crippen MR) is 58.9 cm³/mol. The minimum Gasteiger partial charge on any atom is -0.481 e. The first-order chi connectivity index (χ1) is 7.62. The summed E-state index contributed by atoms with van der Waals surface area (Å²) in [6.07, 6.45) is 1.31. The molecule has 1 N–H and O–H groups in total. The molecule has 1 aromatic carbocycles. The molecule has 1 aliphatic carbocycles. The molecule has 1 aromatic heterocycles. The van der Waals surface area contributed by atoms with E-state index in [2.05, 4.69) is 0 Å². The van der Waals surface area contributed by atoms with Crippen molar-refractivity contribution < 1.29 is 14.3 Å². The van der Waals surface area contributed by atoms with Crippen molar-refractivity contribution in [2.24, 2.45) is 0 Å². The zero-order valence-corrected chi connectivity index (χ0v) is 9.04. The summed E-state index contributed by atoms with van der Waals surface area (Å²) < 4.78 is 5.74. The highest BCUT2D eigenvalue weighted by Crippen LogP contribution is 2.48. The standard InChI is InChI=1S/C11H8O4S/c12-9(13)11(3-4-11)6-1-2-8-7(5-6)15-10(14)16-8/h1-2,5H,3-4H2,(H,12,13). The van der Waals surface area contributed by atoms with Gasteiger partial charge in [0.15, 0.2) is 0 Å². The monoisotopic (exact) mass is 236 g/mol. The average molecular weight is 236 g/mol. The van der Waals surface area contributed by atoms with Gasteiger partial charge in [0.25, 0.3) is 0 Å². The summed E-state index contributed by atoms with van der Waals surface area (Å²) in [6.45, 7) is 0. The number of fused-ring (bicyclic) bond motifs is 1. The smallest absolute Gasteiger partial charge is 0.396 e. The van der Waals surface area contributed by atoms with E-state index < -0.39 is 11.4 Å². The second-order valence-corrected chi connectivity index (χ2v) is 4.98. The van der Waals surface area contributed by atoms with E-state index in [4.69, 9.17) is 9.52 Å². The maximum absolute atomic E-state index is 11.1. The second kappa shape index (κ2) is 2.95. The minimum absolute atomic E-state index is 0.354. The van der Waals surface area contributed by atoms with Crippen molar-refractivity contribution in [3.05, 3.63) is 33.5 Å². The van der Waals surface area contributed by atoms with Gasteiger partial charge < -0.3 is 9.52 Å². The van der Waals surface area contributed by atoms with Gasteiger partial charge in [-0.05, 0) is 30.5 Å². The lowest BCUT2D eigenvalue weighted by molar-refractivity contribution is -0.140.